The van der Waals surface area contributed by atoms with Crippen LogP contribution in [-0.2, 0) is 7.05 Å². The summed E-state index contributed by atoms with van der Waals surface area (Å²) in [6.07, 6.45) is 9.79. The van der Waals surface area contributed by atoms with Gasteiger partial charge in [-0.25, -0.2) is 0 Å². The Balaban J connectivity index is 1.43. The largest absolute Gasteiger partial charge is 0.378 e. The molecule has 1 aliphatic carbocycles. The van der Waals surface area contributed by atoms with Crippen LogP contribution in [0.3, 0.4) is 0 Å². The first kappa shape index (κ1) is 17.9. The molecule has 1 saturated carbocycles. The van der Waals surface area contributed by atoms with E-state index in [1.54, 1.807) is 17.1 Å². The number of aryl methyl sites for hydroxylation is 1. The van der Waals surface area contributed by atoms with Gasteiger partial charge in [0, 0.05) is 41.6 Å². The molecule has 1 fully saturated rings. The highest BCUT2D eigenvalue weighted by molar-refractivity contribution is 6.30. The smallest absolute Gasteiger partial charge is 0.271 e. The van der Waals surface area contributed by atoms with Crippen molar-refractivity contribution in [2.45, 2.75) is 37.6 Å². The predicted molar refractivity (Wildman–Crippen MR) is 109 cm³/mol. The number of hydrogen-bond acceptors (Lipinski definition) is 3. The summed E-state index contributed by atoms with van der Waals surface area (Å²) >= 11 is 5.99. The van der Waals surface area contributed by atoms with E-state index in [0.29, 0.717) is 17.6 Å². The number of hydrogen-bond donors (Lipinski definition) is 2. The summed E-state index contributed by atoms with van der Waals surface area (Å²) < 4.78 is 1.76. The van der Waals surface area contributed by atoms with Crippen LogP contribution in [-0.4, -0.2) is 20.8 Å². The molecule has 1 aliphatic rings. The van der Waals surface area contributed by atoms with Crippen LogP contribution in [0, 0.1) is 0 Å². The monoisotopic (exact) mass is 382 g/mol. The summed E-state index contributed by atoms with van der Waals surface area (Å²) in [5.41, 5.74) is 3.85. The minimum Gasteiger partial charge on any atom is -0.378 e. The van der Waals surface area contributed by atoms with Crippen molar-refractivity contribution < 1.29 is 0 Å². The highest BCUT2D eigenvalue weighted by Gasteiger charge is 2.23. The first-order valence-corrected chi connectivity index (χ1v) is 9.70. The molecular weight excluding hydrogens is 360 g/mol. The molecule has 4 rings (SSSR count). The topological polar surface area (TPSA) is 62.7 Å². The number of nitrogens with one attached hydrogen (secondary N) is 2. The number of benzene rings is 1. The second kappa shape index (κ2) is 7.61. The summed E-state index contributed by atoms with van der Waals surface area (Å²) in [6, 6.07) is 10.4. The van der Waals surface area contributed by atoms with Gasteiger partial charge in [-0.05, 0) is 55.4 Å². The van der Waals surface area contributed by atoms with Gasteiger partial charge < -0.3 is 10.3 Å². The molecule has 0 bridgehead atoms. The van der Waals surface area contributed by atoms with E-state index in [1.165, 1.54) is 5.56 Å². The third kappa shape index (κ3) is 4.08. The molecule has 0 aliphatic heterocycles. The van der Waals surface area contributed by atoms with E-state index in [0.717, 1.165) is 41.8 Å². The van der Waals surface area contributed by atoms with Gasteiger partial charge in [0.25, 0.3) is 5.56 Å². The van der Waals surface area contributed by atoms with Gasteiger partial charge in [0.05, 0.1) is 6.20 Å². The van der Waals surface area contributed by atoms with Crippen molar-refractivity contribution in [3.63, 3.8) is 0 Å². The number of rotatable bonds is 4. The van der Waals surface area contributed by atoms with Crippen LogP contribution in [0.15, 0.2) is 53.7 Å². The molecule has 27 heavy (non-hydrogen) atoms. The summed E-state index contributed by atoms with van der Waals surface area (Å²) in [5, 5.41) is 8.43. The van der Waals surface area contributed by atoms with Gasteiger partial charge in [0.15, 0.2) is 0 Å². The van der Waals surface area contributed by atoms with Gasteiger partial charge in [0.2, 0.25) is 0 Å². The summed E-state index contributed by atoms with van der Waals surface area (Å²) in [5.74, 6) is 0.570. The second-order valence-electron chi connectivity index (χ2n) is 7.28. The quantitative estimate of drug-likeness (QED) is 0.694. The van der Waals surface area contributed by atoms with Crippen LogP contribution in [0.1, 0.15) is 37.2 Å². The lowest BCUT2D eigenvalue weighted by Crippen LogP contribution is -2.28. The zero-order chi connectivity index (χ0) is 18.8. The van der Waals surface area contributed by atoms with Crippen molar-refractivity contribution in [3.05, 3.63) is 69.9 Å². The molecular formula is C21H23ClN4O. The van der Waals surface area contributed by atoms with Crippen LogP contribution in [0.25, 0.3) is 11.1 Å². The summed E-state index contributed by atoms with van der Waals surface area (Å²) in [7, 11) is 1.88. The van der Waals surface area contributed by atoms with Crippen molar-refractivity contribution in [1.29, 1.82) is 0 Å². The summed E-state index contributed by atoms with van der Waals surface area (Å²) in [6.45, 7) is 0. The molecule has 0 spiro atoms. The lowest BCUT2D eigenvalue weighted by molar-refractivity contribution is 0.412. The maximum atomic E-state index is 12.2. The molecule has 0 amide bonds. The van der Waals surface area contributed by atoms with Crippen LogP contribution in [0.2, 0.25) is 5.02 Å². The molecule has 2 N–H and O–H groups in total. The highest BCUT2D eigenvalue weighted by atomic mass is 35.5. The number of aromatic nitrogens is 3. The molecule has 0 unspecified atom stereocenters. The SMILES string of the molecule is Cn1cc(-c2c[nH]c(=O)c(N[C@H]3CC[C@@H](c4ccc(Cl)cc4)CC3)c2)cn1. The van der Waals surface area contributed by atoms with Crippen LogP contribution in [0.5, 0.6) is 0 Å². The van der Waals surface area contributed by atoms with E-state index in [1.807, 2.05) is 31.4 Å². The highest BCUT2D eigenvalue weighted by Crippen LogP contribution is 2.34. The average Bonchev–Trinajstić information content (AvgIpc) is 3.11. The zero-order valence-corrected chi connectivity index (χ0v) is 16.0. The zero-order valence-electron chi connectivity index (χ0n) is 15.3. The van der Waals surface area contributed by atoms with Crippen molar-refractivity contribution in [3.8, 4) is 11.1 Å². The number of nitrogens with zero attached hydrogens (tertiary/aromatic N) is 2. The summed E-state index contributed by atoms with van der Waals surface area (Å²) in [4.78, 5) is 15.1. The normalized spacial score (nSPS) is 19.8. The van der Waals surface area contributed by atoms with Crippen LogP contribution < -0.4 is 10.9 Å². The average molecular weight is 383 g/mol. The molecule has 6 heteroatoms. The van der Waals surface area contributed by atoms with Crippen LogP contribution >= 0.6 is 11.6 Å². The lowest BCUT2D eigenvalue weighted by atomic mass is 9.82. The van der Waals surface area contributed by atoms with E-state index in [-0.39, 0.29) is 5.56 Å². The number of H-pyrrole nitrogens is 1. The standard InChI is InChI=1S/C21H23ClN4O/c1-26-13-17(12-24-26)16-10-20(21(27)23-11-16)25-19-8-4-15(5-9-19)14-2-6-18(22)7-3-14/h2-3,6-7,10-13,15,19,25H,4-5,8-9H2,1H3,(H,23,27)/t15-,19+. The predicted octanol–water partition coefficient (Wildman–Crippen LogP) is 4.57. The molecule has 3 aromatic rings. The Morgan fingerprint density at radius 1 is 1.15 bits per heavy atom. The van der Waals surface area contributed by atoms with E-state index >= 15 is 0 Å². The first-order chi connectivity index (χ1) is 13.1. The molecule has 2 heterocycles. The van der Waals surface area contributed by atoms with E-state index in [2.05, 4.69) is 27.5 Å². The maximum Gasteiger partial charge on any atom is 0.271 e. The van der Waals surface area contributed by atoms with Crippen molar-refractivity contribution in [2.24, 2.45) is 7.05 Å². The van der Waals surface area contributed by atoms with E-state index in [9.17, 15) is 4.79 Å². The van der Waals surface area contributed by atoms with Gasteiger partial charge in [0.1, 0.15) is 5.69 Å². The van der Waals surface area contributed by atoms with Crippen LogP contribution in [0.4, 0.5) is 5.69 Å². The molecule has 2 aromatic heterocycles. The second-order valence-corrected chi connectivity index (χ2v) is 7.71. The molecule has 140 valence electrons. The number of halogens is 1. The molecule has 1 aromatic carbocycles. The van der Waals surface area contributed by atoms with E-state index in [4.69, 9.17) is 11.6 Å². The minimum atomic E-state index is -0.0811. The molecule has 0 saturated heterocycles. The molecule has 0 atom stereocenters. The fourth-order valence-electron chi connectivity index (χ4n) is 3.85. The maximum absolute atomic E-state index is 12.2. The van der Waals surface area contributed by atoms with Crippen molar-refractivity contribution in [1.82, 2.24) is 14.8 Å². The Labute approximate surface area is 163 Å². The number of pyridine rings is 1. The third-order valence-corrected chi connectivity index (χ3v) is 5.62. The lowest BCUT2D eigenvalue weighted by Gasteiger charge is -2.30. The van der Waals surface area contributed by atoms with Crippen molar-refractivity contribution >= 4 is 17.3 Å². The fraction of sp³-hybridized carbons (Fsp3) is 0.333. The Hall–Kier alpha value is -2.53. The van der Waals surface area contributed by atoms with E-state index < -0.39 is 0 Å². The Bertz CT molecular complexity index is 968. The van der Waals surface area contributed by atoms with Gasteiger partial charge in [-0.15, -0.1) is 0 Å². The Morgan fingerprint density at radius 2 is 1.89 bits per heavy atom. The Morgan fingerprint density at radius 3 is 2.56 bits per heavy atom. The molecule has 5 nitrogen and oxygen atoms in total. The van der Waals surface area contributed by atoms with Gasteiger partial charge >= 0.3 is 0 Å². The van der Waals surface area contributed by atoms with Crippen molar-refractivity contribution in [2.75, 3.05) is 5.32 Å². The molecule has 0 radical (unpaired) electrons. The fourth-order valence-corrected chi connectivity index (χ4v) is 3.98. The van der Waals surface area contributed by atoms with Gasteiger partial charge in [-0.2, -0.15) is 5.10 Å². The van der Waals surface area contributed by atoms with Gasteiger partial charge in [-0.3, -0.25) is 9.48 Å². The first-order valence-electron chi connectivity index (χ1n) is 9.32. The Kier molecular flexibility index (Phi) is 5.03. The minimum absolute atomic E-state index is 0.0811. The number of anilines is 1. The number of aromatic amines is 1. The van der Waals surface area contributed by atoms with Gasteiger partial charge in [-0.1, -0.05) is 23.7 Å². The third-order valence-electron chi connectivity index (χ3n) is 5.37.